The molecule has 0 amide bonds. The summed E-state index contributed by atoms with van der Waals surface area (Å²) in [5.41, 5.74) is 8.57. The predicted molar refractivity (Wildman–Crippen MR) is 91.8 cm³/mol. The number of morpholine rings is 1. The number of nitrogen functional groups attached to an aromatic ring is 1. The van der Waals surface area contributed by atoms with Gasteiger partial charge in [-0.25, -0.2) is 4.98 Å². The van der Waals surface area contributed by atoms with Crippen molar-refractivity contribution in [1.82, 2.24) is 4.98 Å². The highest BCUT2D eigenvalue weighted by Gasteiger charge is 2.15. The van der Waals surface area contributed by atoms with Gasteiger partial charge in [-0.05, 0) is 34.1 Å². The number of aromatic nitrogens is 1. The first kappa shape index (κ1) is 15.0. The summed E-state index contributed by atoms with van der Waals surface area (Å²) < 4.78 is 6.17. The number of anilines is 2. The molecule has 1 aliphatic heterocycles. The lowest BCUT2D eigenvalue weighted by Crippen LogP contribution is -2.36. The summed E-state index contributed by atoms with van der Waals surface area (Å²) in [7, 11) is 0. The number of nitrogens with zero attached hydrogens (tertiary/aromatic N) is 2. The number of nitrogens with two attached hydrogens (primary N) is 1. The van der Waals surface area contributed by atoms with Crippen LogP contribution < -0.4 is 10.6 Å². The molecule has 0 bridgehead atoms. The standard InChI is InChI=1S/C16H17BrN4O/c17-13-3-1-2-12(16(13)19)15(18)11-4-5-20-14(10-11)21-6-8-22-9-7-21/h1-5,10,18H,6-9,19H2. The lowest BCUT2D eigenvalue weighted by Gasteiger charge is -2.28. The Hall–Kier alpha value is -1.92. The average molecular weight is 361 g/mol. The topological polar surface area (TPSA) is 75.2 Å². The molecule has 0 atom stereocenters. The van der Waals surface area contributed by atoms with Crippen molar-refractivity contribution in [2.24, 2.45) is 0 Å². The van der Waals surface area contributed by atoms with E-state index in [0.29, 0.717) is 30.2 Å². The smallest absolute Gasteiger partial charge is 0.129 e. The molecule has 1 fully saturated rings. The van der Waals surface area contributed by atoms with Gasteiger partial charge in [0.25, 0.3) is 0 Å². The maximum atomic E-state index is 8.45. The number of para-hydroxylation sites is 1. The number of pyridine rings is 1. The van der Waals surface area contributed by atoms with E-state index in [1.807, 2.05) is 30.3 Å². The zero-order valence-corrected chi connectivity index (χ0v) is 13.6. The molecule has 3 rings (SSSR count). The Morgan fingerprint density at radius 1 is 1.27 bits per heavy atom. The molecule has 0 saturated carbocycles. The molecular weight excluding hydrogens is 344 g/mol. The normalized spacial score (nSPS) is 14.9. The Morgan fingerprint density at radius 3 is 2.82 bits per heavy atom. The van der Waals surface area contributed by atoms with E-state index in [1.54, 1.807) is 6.20 Å². The SMILES string of the molecule is N=C(c1ccnc(N2CCOCC2)c1)c1cccc(Br)c1N. The monoisotopic (exact) mass is 360 g/mol. The van der Waals surface area contributed by atoms with Gasteiger partial charge in [0.2, 0.25) is 0 Å². The summed E-state index contributed by atoms with van der Waals surface area (Å²) in [5.74, 6) is 0.874. The van der Waals surface area contributed by atoms with Gasteiger partial charge in [-0.2, -0.15) is 0 Å². The number of halogens is 1. The highest BCUT2D eigenvalue weighted by Crippen LogP contribution is 2.26. The second kappa shape index (κ2) is 6.46. The number of rotatable bonds is 3. The van der Waals surface area contributed by atoms with Crippen LogP contribution in [-0.2, 0) is 4.74 Å². The van der Waals surface area contributed by atoms with E-state index < -0.39 is 0 Å². The molecule has 6 heteroatoms. The van der Waals surface area contributed by atoms with E-state index in [0.717, 1.165) is 28.9 Å². The second-order valence-corrected chi connectivity index (χ2v) is 5.93. The van der Waals surface area contributed by atoms with Crippen LogP contribution in [0, 0.1) is 5.41 Å². The summed E-state index contributed by atoms with van der Waals surface area (Å²) >= 11 is 3.41. The van der Waals surface area contributed by atoms with E-state index in [-0.39, 0.29) is 0 Å². The first-order chi connectivity index (χ1) is 10.7. The van der Waals surface area contributed by atoms with Gasteiger partial charge < -0.3 is 15.4 Å². The van der Waals surface area contributed by atoms with Gasteiger partial charge in [0.15, 0.2) is 0 Å². The van der Waals surface area contributed by atoms with Crippen LogP contribution in [0.3, 0.4) is 0 Å². The van der Waals surface area contributed by atoms with Crippen LogP contribution in [0.15, 0.2) is 41.0 Å². The van der Waals surface area contributed by atoms with Crippen molar-refractivity contribution >= 4 is 33.1 Å². The number of hydrogen-bond acceptors (Lipinski definition) is 5. The highest BCUT2D eigenvalue weighted by molar-refractivity contribution is 9.10. The summed E-state index contributed by atoms with van der Waals surface area (Å²) in [6.07, 6.45) is 1.74. The fraction of sp³-hybridized carbons (Fsp3) is 0.250. The molecule has 0 aliphatic carbocycles. The third-order valence-corrected chi connectivity index (χ3v) is 4.38. The molecule has 1 aliphatic rings. The van der Waals surface area contributed by atoms with E-state index in [1.165, 1.54) is 0 Å². The minimum absolute atomic E-state index is 0.399. The Labute approximate surface area is 137 Å². The van der Waals surface area contributed by atoms with Gasteiger partial charge in [-0.1, -0.05) is 12.1 Å². The largest absolute Gasteiger partial charge is 0.397 e. The van der Waals surface area contributed by atoms with Crippen molar-refractivity contribution in [2.45, 2.75) is 0 Å². The Kier molecular flexibility index (Phi) is 4.40. The van der Waals surface area contributed by atoms with Crippen LogP contribution in [-0.4, -0.2) is 37.0 Å². The van der Waals surface area contributed by atoms with Crippen LogP contribution in [0.5, 0.6) is 0 Å². The molecule has 2 heterocycles. The maximum absolute atomic E-state index is 8.45. The van der Waals surface area contributed by atoms with Gasteiger partial charge >= 0.3 is 0 Å². The molecule has 5 nitrogen and oxygen atoms in total. The highest BCUT2D eigenvalue weighted by atomic mass is 79.9. The molecule has 1 aromatic carbocycles. The van der Waals surface area contributed by atoms with E-state index in [9.17, 15) is 0 Å². The molecule has 1 saturated heterocycles. The summed E-state index contributed by atoms with van der Waals surface area (Å²) in [6.45, 7) is 3.06. The third-order valence-electron chi connectivity index (χ3n) is 3.69. The summed E-state index contributed by atoms with van der Waals surface area (Å²) in [4.78, 5) is 6.58. The lowest BCUT2D eigenvalue weighted by molar-refractivity contribution is 0.122. The van der Waals surface area contributed by atoms with Crippen LogP contribution in [0.25, 0.3) is 0 Å². The Balaban J connectivity index is 1.91. The van der Waals surface area contributed by atoms with Crippen molar-refractivity contribution in [2.75, 3.05) is 36.9 Å². The fourth-order valence-corrected chi connectivity index (χ4v) is 2.82. The average Bonchev–Trinajstić information content (AvgIpc) is 2.58. The summed E-state index contributed by atoms with van der Waals surface area (Å²) in [6, 6.07) is 9.39. The van der Waals surface area contributed by atoms with Gasteiger partial charge in [0.05, 0.1) is 24.6 Å². The van der Waals surface area contributed by atoms with Crippen LogP contribution in [0.2, 0.25) is 0 Å². The number of benzene rings is 1. The van der Waals surface area contributed by atoms with E-state index >= 15 is 0 Å². The van der Waals surface area contributed by atoms with Gasteiger partial charge in [0.1, 0.15) is 5.82 Å². The second-order valence-electron chi connectivity index (χ2n) is 5.08. The molecule has 22 heavy (non-hydrogen) atoms. The number of nitrogens with one attached hydrogen (secondary N) is 1. The molecule has 1 aromatic heterocycles. The van der Waals surface area contributed by atoms with Crippen LogP contribution in [0.1, 0.15) is 11.1 Å². The lowest BCUT2D eigenvalue weighted by atomic mass is 10.0. The van der Waals surface area contributed by atoms with E-state index in [2.05, 4.69) is 25.8 Å². The summed E-state index contributed by atoms with van der Waals surface area (Å²) in [5, 5.41) is 8.45. The molecule has 0 radical (unpaired) electrons. The molecule has 0 unspecified atom stereocenters. The van der Waals surface area contributed by atoms with Crippen molar-refractivity contribution in [1.29, 1.82) is 5.41 Å². The maximum Gasteiger partial charge on any atom is 0.129 e. The molecule has 2 aromatic rings. The molecule has 114 valence electrons. The number of hydrogen-bond donors (Lipinski definition) is 2. The first-order valence-electron chi connectivity index (χ1n) is 7.09. The fourth-order valence-electron chi connectivity index (χ4n) is 2.45. The van der Waals surface area contributed by atoms with Gasteiger partial charge in [-0.3, -0.25) is 5.41 Å². The van der Waals surface area contributed by atoms with E-state index in [4.69, 9.17) is 15.9 Å². The van der Waals surface area contributed by atoms with Crippen molar-refractivity contribution in [3.63, 3.8) is 0 Å². The van der Waals surface area contributed by atoms with Crippen LogP contribution >= 0.6 is 15.9 Å². The molecule has 3 N–H and O–H groups in total. The predicted octanol–water partition coefficient (Wildman–Crippen LogP) is 2.68. The van der Waals surface area contributed by atoms with Crippen molar-refractivity contribution in [3.8, 4) is 0 Å². The zero-order chi connectivity index (χ0) is 15.5. The number of ether oxygens (including phenoxy) is 1. The van der Waals surface area contributed by atoms with Crippen molar-refractivity contribution in [3.05, 3.63) is 52.1 Å². The first-order valence-corrected chi connectivity index (χ1v) is 7.88. The minimum Gasteiger partial charge on any atom is -0.397 e. The minimum atomic E-state index is 0.399. The van der Waals surface area contributed by atoms with Crippen LogP contribution in [0.4, 0.5) is 11.5 Å². The Bertz CT molecular complexity index is 698. The quantitative estimate of drug-likeness (QED) is 0.651. The van der Waals surface area contributed by atoms with Gasteiger partial charge in [-0.15, -0.1) is 0 Å². The Morgan fingerprint density at radius 2 is 2.05 bits per heavy atom. The molecule has 0 spiro atoms. The zero-order valence-electron chi connectivity index (χ0n) is 12.1. The third kappa shape index (κ3) is 2.98. The van der Waals surface area contributed by atoms with Gasteiger partial charge in [0, 0.05) is 34.9 Å². The molecular formula is C16H17BrN4O. The van der Waals surface area contributed by atoms with Crippen molar-refractivity contribution < 1.29 is 4.74 Å².